The lowest BCUT2D eigenvalue weighted by Gasteiger charge is -2.28. The van der Waals surface area contributed by atoms with Crippen molar-refractivity contribution in [2.75, 3.05) is 18.8 Å². The van der Waals surface area contributed by atoms with Gasteiger partial charge in [-0.05, 0) is 18.1 Å². The number of nitrogens with zero attached hydrogens (tertiary/aromatic N) is 1. The second-order valence-electron chi connectivity index (χ2n) is 6.21. The standard InChI is InChI=1S/C16H22ClNOS/c1-16(2,3)15(19)18-9-8-14(20-11-10-18)12-6-4-5-7-13(12)17/h4-7,14H,8-11H2,1-3H3. The number of hydrogen-bond acceptors (Lipinski definition) is 2. The maximum Gasteiger partial charge on any atom is 0.227 e. The molecule has 1 aliphatic heterocycles. The van der Waals surface area contributed by atoms with Gasteiger partial charge in [-0.1, -0.05) is 50.6 Å². The predicted molar refractivity (Wildman–Crippen MR) is 87.3 cm³/mol. The molecule has 2 rings (SSSR count). The van der Waals surface area contributed by atoms with Gasteiger partial charge in [0.05, 0.1) is 0 Å². The first-order valence-electron chi connectivity index (χ1n) is 7.05. The highest BCUT2D eigenvalue weighted by Crippen LogP contribution is 2.38. The second kappa shape index (κ2) is 6.40. The number of carbonyl (C=O) groups is 1. The fourth-order valence-electron chi connectivity index (χ4n) is 2.43. The van der Waals surface area contributed by atoms with Gasteiger partial charge in [0.1, 0.15) is 0 Å². The first kappa shape index (κ1) is 15.7. The number of carbonyl (C=O) groups excluding carboxylic acids is 1. The summed E-state index contributed by atoms with van der Waals surface area (Å²) in [5.74, 6) is 1.22. The van der Waals surface area contributed by atoms with Crippen LogP contribution >= 0.6 is 23.4 Å². The van der Waals surface area contributed by atoms with E-state index in [1.165, 1.54) is 5.56 Å². The van der Waals surface area contributed by atoms with Gasteiger partial charge in [0.15, 0.2) is 0 Å². The number of benzene rings is 1. The van der Waals surface area contributed by atoms with E-state index in [1.54, 1.807) is 0 Å². The van der Waals surface area contributed by atoms with Crippen LogP contribution in [0, 0.1) is 5.41 Å². The van der Waals surface area contributed by atoms with Crippen molar-refractivity contribution in [3.05, 3.63) is 34.9 Å². The van der Waals surface area contributed by atoms with Crippen molar-refractivity contribution in [1.29, 1.82) is 0 Å². The number of halogens is 1. The highest BCUT2D eigenvalue weighted by atomic mass is 35.5. The summed E-state index contributed by atoms with van der Waals surface area (Å²) in [6.07, 6.45) is 0.968. The molecule has 1 atom stereocenters. The average Bonchev–Trinajstić information content (AvgIpc) is 2.63. The molecule has 0 spiro atoms. The Bertz CT molecular complexity index is 484. The lowest BCUT2D eigenvalue weighted by atomic mass is 9.94. The molecule has 1 unspecified atom stereocenters. The highest BCUT2D eigenvalue weighted by molar-refractivity contribution is 7.99. The van der Waals surface area contributed by atoms with Crippen LogP contribution in [0.15, 0.2) is 24.3 Å². The Morgan fingerprint density at radius 1 is 1.30 bits per heavy atom. The molecule has 1 fully saturated rings. The van der Waals surface area contributed by atoms with Crippen LogP contribution in [-0.2, 0) is 4.79 Å². The molecular weight excluding hydrogens is 290 g/mol. The Labute approximate surface area is 130 Å². The largest absolute Gasteiger partial charge is 0.341 e. The fraction of sp³-hybridized carbons (Fsp3) is 0.562. The van der Waals surface area contributed by atoms with Crippen molar-refractivity contribution < 1.29 is 4.79 Å². The molecule has 1 saturated heterocycles. The van der Waals surface area contributed by atoms with Crippen LogP contribution in [0.2, 0.25) is 5.02 Å². The molecule has 4 heteroatoms. The third-order valence-corrected chi connectivity index (χ3v) is 5.18. The van der Waals surface area contributed by atoms with Crippen LogP contribution in [0.25, 0.3) is 0 Å². The molecule has 0 aliphatic carbocycles. The van der Waals surface area contributed by atoms with Gasteiger partial charge in [0.2, 0.25) is 5.91 Å². The Hall–Kier alpha value is -0.670. The Kier molecular flexibility index (Phi) is 5.03. The fourth-order valence-corrected chi connectivity index (χ4v) is 4.03. The minimum absolute atomic E-state index is 0.248. The van der Waals surface area contributed by atoms with E-state index in [0.29, 0.717) is 5.25 Å². The van der Waals surface area contributed by atoms with Crippen molar-refractivity contribution in [3.8, 4) is 0 Å². The summed E-state index contributed by atoms with van der Waals surface area (Å²) in [4.78, 5) is 14.4. The van der Waals surface area contributed by atoms with Crippen LogP contribution in [0.1, 0.15) is 38.0 Å². The van der Waals surface area contributed by atoms with E-state index in [0.717, 1.165) is 30.3 Å². The predicted octanol–water partition coefficient (Wildman–Crippen LogP) is 4.39. The molecule has 1 aromatic rings. The van der Waals surface area contributed by atoms with Crippen LogP contribution in [0.3, 0.4) is 0 Å². The zero-order chi connectivity index (χ0) is 14.8. The van der Waals surface area contributed by atoms with Crippen LogP contribution in [-0.4, -0.2) is 29.6 Å². The molecule has 0 aromatic heterocycles. The Morgan fingerprint density at radius 3 is 2.65 bits per heavy atom. The minimum Gasteiger partial charge on any atom is -0.341 e. The van der Waals surface area contributed by atoms with E-state index >= 15 is 0 Å². The molecule has 1 aliphatic rings. The number of hydrogen-bond donors (Lipinski definition) is 0. The molecular formula is C16H22ClNOS. The Balaban J connectivity index is 2.07. The monoisotopic (exact) mass is 311 g/mol. The van der Waals surface area contributed by atoms with Gasteiger partial charge in [-0.3, -0.25) is 4.79 Å². The van der Waals surface area contributed by atoms with Crippen molar-refractivity contribution >= 4 is 29.3 Å². The Morgan fingerprint density at radius 2 is 2.00 bits per heavy atom. The van der Waals surface area contributed by atoms with E-state index in [9.17, 15) is 4.79 Å². The van der Waals surface area contributed by atoms with Crippen LogP contribution in [0.5, 0.6) is 0 Å². The number of rotatable bonds is 1. The summed E-state index contributed by atoms with van der Waals surface area (Å²) < 4.78 is 0. The highest BCUT2D eigenvalue weighted by Gasteiger charge is 2.29. The van der Waals surface area contributed by atoms with Crippen molar-refractivity contribution in [1.82, 2.24) is 4.90 Å². The van der Waals surface area contributed by atoms with E-state index in [2.05, 4.69) is 6.07 Å². The smallest absolute Gasteiger partial charge is 0.227 e. The first-order valence-corrected chi connectivity index (χ1v) is 8.47. The molecule has 1 heterocycles. The van der Waals surface area contributed by atoms with E-state index in [4.69, 9.17) is 11.6 Å². The van der Waals surface area contributed by atoms with Gasteiger partial charge < -0.3 is 4.90 Å². The molecule has 0 saturated carbocycles. The molecule has 0 bridgehead atoms. The maximum atomic E-state index is 12.4. The molecule has 1 amide bonds. The van der Waals surface area contributed by atoms with Crippen molar-refractivity contribution in [3.63, 3.8) is 0 Å². The van der Waals surface area contributed by atoms with Crippen LogP contribution < -0.4 is 0 Å². The van der Waals surface area contributed by atoms with Crippen molar-refractivity contribution in [2.45, 2.75) is 32.4 Å². The summed E-state index contributed by atoms with van der Waals surface area (Å²) in [5, 5.41) is 1.22. The third kappa shape index (κ3) is 3.70. The van der Waals surface area contributed by atoms with E-state index in [-0.39, 0.29) is 11.3 Å². The van der Waals surface area contributed by atoms with Gasteiger partial charge in [-0.25, -0.2) is 0 Å². The molecule has 20 heavy (non-hydrogen) atoms. The molecule has 1 aromatic carbocycles. The average molecular weight is 312 g/mol. The van der Waals surface area contributed by atoms with Gasteiger partial charge in [0.25, 0.3) is 0 Å². The normalized spacial score (nSPS) is 20.6. The molecule has 0 N–H and O–H groups in total. The molecule has 110 valence electrons. The van der Waals surface area contributed by atoms with Gasteiger partial charge in [0, 0.05) is 34.5 Å². The molecule has 2 nitrogen and oxygen atoms in total. The first-order chi connectivity index (χ1) is 9.39. The summed E-state index contributed by atoms with van der Waals surface area (Å²) >= 11 is 8.19. The zero-order valence-electron chi connectivity index (χ0n) is 12.4. The summed E-state index contributed by atoms with van der Waals surface area (Å²) in [6, 6.07) is 8.04. The summed E-state index contributed by atoms with van der Waals surface area (Å²) in [7, 11) is 0. The van der Waals surface area contributed by atoms with Crippen molar-refractivity contribution in [2.24, 2.45) is 5.41 Å². The minimum atomic E-state index is -0.297. The SMILES string of the molecule is CC(C)(C)C(=O)N1CCSC(c2ccccc2Cl)CC1. The lowest BCUT2D eigenvalue weighted by molar-refractivity contribution is -0.139. The van der Waals surface area contributed by atoms with E-state index in [1.807, 2.05) is 55.6 Å². The maximum absolute atomic E-state index is 12.4. The van der Waals surface area contributed by atoms with E-state index < -0.39 is 0 Å². The van der Waals surface area contributed by atoms with Gasteiger partial charge in [-0.15, -0.1) is 0 Å². The van der Waals surface area contributed by atoms with Crippen LogP contribution in [0.4, 0.5) is 0 Å². The summed E-state index contributed by atoms with van der Waals surface area (Å²) in [5.41, 5.74) is 0.902. The summed E-state index contributed by atoms with van der Waals surface area (Å²) in [6.45, 7) is 7.61. The number of thioether (sulfide) groups is 1. The quantitative estimate of drug-likeness (QED) is 0.766. The lowest BCUT2D eigenvalue weighted by Crippen LogP contribution is -2.40. The third-order valence-electron chi connectivity index (χ3n) is 3.52. The zero-order valence-corrected chi connectivity index (χ0v) is 13.9. The van der Waals surface area contributed by atoms with Gasteiger partial charge in [-0.2, -0.15) is 11.8 Å². The number of amides is 1. The topological polar surface area (TPSA) is 20.3 Å². The molecule has 0 radical (unpaired) electrons. The van der Waals surface area contributed by atoms with Gasteiger partial charge >= 0.3 is 0 Å². The second-order valence-corrected chi connectivity index (χ2v) is 7.93.